The van der Waals surface area contributed by atoms with Gasteiger partial charge >= 0.3 is 0 Å². The molecule has 1 fully saturated rings. The van der Waals surface area contributed by atoms with E-state index < -0.39 is 6.04 Å². The number of hydrogen-bond acceptors (Lipinski definition) is 4. The van der Waals surface area contributed by atoms with Crippen LogP contribution in [0.1, 0.15) is 41.6 Å². The fourth-order valence-electron chi connectivity index (χ4n) is 2.84. The van der Waals surface area contributed by atoms with Crippen LogP contribution in [0.25, 0.3) is 0 Å². The van der Waals surface area contributed by atoms with Gasteiger partial charge in [-0.25, -0.2) is 0 Å². The first kappa shape index (κ1) is 18.9. The number of benzene rings is 1. The predicted octanol–water partition coefficient (Wildman–Crippen LogP) is 4.10. The van der Waals surface area contributed by atoms with Crippen LogP contribution >= 0.6 is 23.4 Å². The number of amides is 2. The topological polar surface area (TPSA) is 62.6 Å². The Kier molecular flexibility index (Phi) is 5.94. The number of carbonyl (C=O) groups is 2. The van der Waals surface area contributed by atoms with Crippen molar-refractivity contribution in [1.82, 2.24) is 10.2 Å². The van der Waals surface area contributed by atoms with Crippen molar-refractivity contribution in [2.75, 3.05) is 5.75 Å². The fraction of sp³-hybridized carbons (Fsp3) is 0.368. The number of halogens is 1. The second-order valence-corrected chi connectivity index (χ2v) is 7.79. The summed E-state index contributed by atoms with van der Waals surface area (Å²) in [5.41, 5.74) is 1.25. The van der Waals surface area contributed by atoms with Crippen LogP contribution in [0.5, 0.6) is 0 Å². The standard InChI is InChI=1S/C19H21ClN2O3S/c1-3-12(2)21-17(23)16-11-26-19(13-8-9-25-10-13)22(16)18(24)14-6-4-5-7-15(14)20/h4-10,12,16,19H,3,11H2,1-2H3,(H,21,23). The molecule has 5 nitrogen and oxygen atoms in total. The van der Waals surface area contributed by atoms with Crippen LogP contribution in [0.3, 0.4) is 0 Å². The van der Waals surface area contributed by atoms with Gasteiger partial charge in [0.15, 0.2) is 0 Å². The van der Waals surface area contributed by atoms with E-state index in [2.05, 4.69) is 5.32 Å². The maximum Gasteiger partial charge on any atom is 0.257 e. The first-order valence-corrected chi connectivity index (χ1v) is 9.96. The third-order valence-electron chi connectivity index (χ3n) is 4.47. The van der Waals surface area contributed by atoms with Crippen molar-refractivity contribution in [2.45, 2.75) is 37.7 Å². The van der Waals surface area contributed by atoms with E-state index in [1.54, 1.807) is 53.5 Å². The molecule has 2 amide bonds. The molecular formula is C19H21ClN2O3S. The molecule has 1 N–H and O–H groups in total. The van der Waals surface area contributed by atoms with E-state index in [0.717, 1.165) is 12.0 Å². The summed E-state index contributed by atoms with van der Waals surface area (Å²) in [5, 5.41) is 3.08. The molecule has 7 heteroatoms. The van der Waals surface area contributed by atoms with Crippen LogP contribution in [-0.2, 0) is 4.79 Å². The molecule has 1 aromatic heterocycles. The van der Waals surface area contributed by atoms with Crippen LogP contribution in [0.2, 0.25) is 5.02 Å². The second-order valence-electron chi connectivity index (χ2n) is 6.27. The lowest BCUT2D eigenvalue weighted by atomic mass is 10.1. The molecule has 2 aromatic rings. The summed E-state index contributed by atoms with van der Waals surface area (Å²) < 4.78 is 5.18. The zero-order valence-corrected chi connectivity index (χ0v) is 16.2. The van der Waals surface area contributed by atoms with E-state index in [0.29, 0.717) is 16.3 Å². The third kappa shape index (κ3) is 3.76. The maximum atomic E-state index is 13.3. The Hall–Kier alpha value is -1.92. The molecule has 0 aliphatic carbocycles. The van der Waals surface area contributed by atoms with E-state index in [1.165, 1.54) is 0 Å². The van der Waals surface area contributed by atoms with Crippen LogP contribution in [0.4, 0.5) is 0 Å². The number of thioether (sulfide) groups is 1. The minimum Gasteiger partial charge on any atom is -0.472 e. The van der Waals surface area contributed by atoms with Crippen molar-refractivity contribution in [3.8, 4) is 0 Å². The number of hydrogen-bond donors (Lipinski definition) is 1. The van der Waals surface area contributed by atoms with Gasteiger partial charge in [0.2, 0.25) is 5.91 Å². The average Bonchev–Trinajstić information content (AvgIpc) is 3.30. The van der Waals surface area contributed by atoms with Gasteiger partial charge in [0, 0.05) is 17.4 Å². The Morgan fingerprint density at radius 1 is 1.38 bits per heavy atom. The normalized spacial score (nSPS) is 20.8. The highest BCUT2D eigenvalue weighted by Gasteiger charge is 2.43. The highest BCUT2D eigenvalue weighted by Crippen LogP contribution is 2.43. The van der Waals surface area contributed by atoms with Gasteiger partial charge in [-0.15, -0.1) is 11.8 Å². The molecule has 3 unspecified atom stereocenters. The van der Waals surface area contributed by atoms with E-state index in [-0.39, 0.29) is 23.2 Å². The fourth-order valence-corrected chi connectivity index (χ4v) is 4.47. The molecule has 1 aliphatic rings. The summed E-state index contributed by atoms with van der Waals surface area (Å²) in [4.78, 5) is 27.7. The Morgan fingerprint density at radius 3 is 2.81 bits per heavy atom. The third-order valence-corrected chi connectivity index (χ3v) is 6.12. The van der Waals surface area contributed by atoms with E-state index in [1.807, 2.05) is 19.9 Å². The Bertz CT molecular complexity index is 781. The van der Waals surface area contributed by atoms with E-state index >= 15 is 0 Å². The first-order chi connectivity index (χ1) is 12.5. The van der Waals surface area contributed by atoms with Crippen LogP contribution < -0.4 is 5.32 Å². The molecule has 138 valence electrons. The van der Waals surface area contributed by atoms with E-state index in [4.69, 9.17) is 16.0 Å². The van der Waals surface area contributed by atoms with Crippen molar-refractivity contribution < 1.29 is 14.0 Å². The average molecular weight is 393 g/mol. The predicted molar refractivity (Wildman–Crippen MR) is 103 cm³/mol. The minimum atomic E-state index is -0.558. The van der Waals surface area contributed by atoms with Crippen LogP contribution in [0.15, 0.2) is 47.3 Å². The molecular weight excluding hydrogens is 372 g/mol. The quantitative estimate of drug-likeness (QED) is 0.831. The molecule has 2 heterocycles. The molecule has 1 aromatic carbocycles. The SMILES string of the molecule is CCC(C)NC(=O)C1CSC(c2ccoc2)N1C(=O)c1ccccc1Cl. The van der Waals surface area contributed by atoms with Crippen molar-refractivity contribution in [3.05, 3.63) is 59.0 Å². The number of rotatable bonds is 5. The number of furan rings is 1. The van der Waals surface area contributed by atoms with Gasteiger partial charge in [-0.3, -0.25) is 9.59 Å². The van der Waals surface area contributed by atoms with Gasteiger partial charge in [0.1, 0.15) is 11.4 Å². The molecule has 3 rings (SSSR count). The molecule has 3 atom stereocenters. The molecule has 0 radical (unpaired) electrons. The lowest BCUT2D eigenvalue weighted by molar-refractivity contribution is -0.125. The summed E-state index contributed by atoms with van der Waals surface area (Å²) in [6, 6.07) is 8.22. The Labute approximate surface area is 162 Å². The van der Waals surface area contributed by atoms with Crippen LogP contribution in [0, 0.1) is 0 Å². The summed E-state index contributed by atoms with van der Waals surface area (Å²) >= 11 is 7.78. The van der Waals surface area contributed by atoms with Crippen molar-refractivity contribution in [3.63, 3.8) is 0 Å². The van der Waals surface area contributed by atoms with Gasteiger partial charge in [-0.2, -0.15) is 0 Å². The molecule has 0 bridgehead atoms. The van der Waals surface area contributed by atoms with Gasteiger partial charge in [-0.05, 0) is 31.5 Å². The van der Waals surface area contributed by atoms with Gasteiger partial charge < -0.3 is 14.6 Å². The number of carbonyl (C=O) groups excluding carboxylic acids is 2. The first-order valence-electron chi connectivity index (χ1n) is 8.54. The summed E-state index contributed by atoms with van der Waals surface area (Å²) in [6.45, 7) is 3.96. The highest BCUT2D eigenvalue weighted by molar-refractivity contribution is 7.99. The van der Waals surface area contributed by atoms with E-state index in [9.17, 15) is 9.59 Å². The zero-order chi connectivity index (χ0) is 18.7. The largest absolute Gasteiger partial charge is 0.472 e. The molecule has 0 spiro atoms. The van der Waals surface area contributed by atoms with Gasteiger partial charge in [0.05, 0.1) is 23.1 Å². The Balaban J connectivity index is 1.93. The van der Waals surface area contributed by atoms with Crippen molar-refractivity contribution >= 4 is 35.2 Å². The van der Waals surface area contributed by atoms with Crippen molar-refractivity contribution in [2.24, 2.45) is 0 Å². The van der Waals surface area contributed by atoms with Gasteiger partial charge in [0.25, 0.3) is 5.91 Å². The highest BCUT2D eigenvalue weighted by atomic mass is 35.5. The van der Waals surface area contributed by atoms with Gasteiger partial charge in [-0.1, -0.05) is 30.7 Å². The molecule has 1 aliphatic heterocycles. The minimum absolute atomic E-state index is 0.0535. The molecule has 0 saturated carbocycles. The second kappa shape index (κ2) is 8.18. The summed E-state index contributed by atoms with van der Waals surface area (Å²) in [6.07, 6.45) is 4.01. The van der Waals surface area contributed by atoms with Crippen molar-refractivity contribution in [1.29, 1.82) is 0 Å². The lowest BCUT2D eigenvalue weighted by Crippen LogP contribution is -2.49. The monoisotopic (exact) mass is 392 g/mol. The lowest BCUT2D eigenvalue weighted by Gasteiger charge is -2.29. The Morgan fingerprint density at radius 2 is 2.15 bits per heavy atom. The summed E-state index contributed by atoms with van der Waals surface area (Å²) in [7, 11) is 0. The van der Waals surface area contributed by atoms with Crippen LogP contribution in [-0.4, -0.2) is 34.6 Å². The smallest absolute Gasteiger partial charge is 0.257 e. The molecule has 1 saturated heterocycles. The number of nitrogens with zero attached hydrogens (tertiary/aromatic N) is 1. The summed E-state index contributed by atoms with van der Waals surface area (Å²) in [5.74, 6) is 0.128. The zero-order valence-electron chi connectivity index (χ0n) is 14.6. The number of nitrogens with one attached hydrogen (secondary N) is 1. The maximum absolute atomic E-state index is 13.3. The molecule has 26 heavy (non-hydrogen) atoms.